The number of aryl methyl sites for hydroxylation is 1. The first kappa shape index (κ1) is 9.38. The second-order valence-corrected chi connectivity index (χ2v) is 2.54. The molecule has 0 fully saturated rings. The molecular weight excluding hydrogens is 166 g/mol. The number of amides is 1. The molecule has 0 bridgehead atoms. The van der Waals surface area contributed by atoms with Crippen LogP contribution in [0.2, 0.25) is 0 Å². The summed E-state index contributed by atoms with van der Waals surface area (Å²) in [6.07, 6.45) is 4.65. The van der Waals surface area contributed by atoms with Crippen molar-refractivity contribution in [2.24, 2.45) is 0 Å². The highest BCUT2D eigenvalue weighted by molar-refractivity contribution is 5.91. The lowest BCUT2D eigenvalue weighted by atomic mass is 10.4. The summed E-state index contributed by atoms with van der Waals surface area (Å²) in [6, 6.07) is 0. The van der Waals surface area contributed by atoms with Crippen molar-refractivity contribution in [1.29, 1.82) is 0 Å². The predicted molar refractivity (Wildman–Crippen MR) is 49.3 cm³/mol. The lowest BCUT2D eigenvalue weighted by molar-refractivity contribution is 0.0952. The molecule has 1 aromatic heterocycles. The maximum Gasteiger partial charge on any atom is 0.271 e. The maximum atomic E-state index is 11.3. The molecule has 0 radical (unpaired) electrons. The van der Waals surface area contributed by atoms with Crippen molar-refractivity contribution in [1.82, 2.24) is 15.3 Å². The van der Waals surface area contributed by atoms with E-state index in [-0.39, 0.29) is 5.91 Å². The van der Waals surface area contributed by atoms with E-state index in [1.165, 1.54) is 6.20 Å². The van der Waals surface area contributed by atoms with Crippen LogP contribution in [0.4, 0.5) is 0 Å². The Balaban J connectivity index is 2.71. The van der Waals surface area contributed by atoms with Gasteiger partial charge in [-0.1, -0.05) is 6.08 Å². The van der Waals surface area contributed by atoms with Crippen molar-refractivity contribution >= 4 is 5.91 Å². The summed E-state index contributed by atoms with van der Waals surface area (Å²) in [7, 11) is 0. The molecule has 4 heteroatoms. The number of rotatable bonds is 3. The fraction of sp³-hybridized carbons (Fsp3) is 0.222. The summed E-state index contributed by atoms with van der Waals surface area (Å²) in [6.45, 7) is 5.72. The Bertz CT molecular complexity index is 322. The molecule has 0 spiro atoms. The Hall–Kier alpha value is -1.71. The standard InChI is InChI=1S/C9H11N3O/c1-3-4-11-9(13)8-6-10-5-7(2)12-8/h3,5-6H,1,4H2,2H3,(H,11,13). The largest absolute Gasteiger partial charge is 0.347 e. The van der Waals surface area contributed by atoms with Crippen LogP contribution in [0.1, 0.15) is 16.2 Å². The molecule has 0 aliphatic heterocycles. The van der Waals surface area contributed by atoms with E-state index in [1.807, 2.05) is 0 Å². The number of carbonyl (C=O) groups excluding carboxylic acids is 1. The molecule has 0 unspecified atom stereocenters. The first-order chi connectivity index (χ1) is 6.24. The molecule has 0 aliphatic rings. The third kappa shape index (κ3) is 2.66. The quantitative estimate of drug-likeness (QED) is 0.691. The highest BCUT2D eigenvalue weighted by Crippen LogP contribution is 1.93. The van der Waals surface area contributed by atoms with E-state index in [1.54, 1.807) is 19.2 Å². The zero-order chi connectivity index (χ0) is 9.68. The molecule has 68 valence electrons. The summed E-state index contributed by atoms with van der Waals surface area (Å²) in [4.78, 5) is 19.2. The van der Waals surface area contributed by atoms with E-state index in [4.69, 9.17) is 0 Å². The van der Waals surface area contributed by atoms with Gasteiger partial charge in [0.25, 0.3) is 5.91 Å². The monoisotopic (exact) mass is 177 g/mol. The maximum absolute atomic E-state index is 11.3. The molecule has 0 atom stereocenters. The third-order valence-corrected chi connectivity index (χ3v) is 1.39. The normalized spacial score (nSPS) is 9.31. The van der Waals surface area contributed by atoms with Gasteiger partial charge in [0.1, 0.15) is 5.69 Å². The molecule has 1 N–H and O–H groups in total. The minimum absolute atomic E-state index is 0.226. The van der Waals surface area contributed by atoms with Crippen LogP contribution in [0.15, 0.2) is 25.0 Å². The molecule has 1 rings (SSSR count). The molecule has 0 aromatic carbocycles. The van der Waals surface area contributed by atoms with Gasteiger partial charge in [-0.2, -0.15) is 0 Å². The Morgan fingerprint density at radius 2 is 2.46 bits per heavy atom. The first-order valence-electron chi connectivity index (χ1n) is 3.92. The second kappa shape index (κ2) is 4.35. The van der Waals surface area contributed by atoms with Gasteiger partial charge in [0.2, 0.25) is 0 Å². The van der Waals surface area contributed by atoms with Crippen LogP contribution in [0.25, 0.3) is 0 Å². The van der Waals surface area contributed by atoms with Gasteiger partial charge < -0.3 is 5.32 Å². The molecule has 0 saturated carbocycles. The van der Waals surface area contributed by atoms with Gasteiger partial charge >= 0.3 is 0 Å². The third-order valence-electron chi connectivity index (χ3n) is 1.39. The number of hydrogen-bond acceptors (Lipinski definition) is 3. The lowest BCUT2D eigenvalue weighted by Crippen LogP contribution is -2.24. The summed E-state index contributed by atoms with van der Waals surface area (Å²) >= 11 is 0. The fourth-order valence-corrected chi connectivity index (χ4v) is 0.828. The van der Waals surface area contributed by atoms with Crippen LogP contribution >= 0.6 is 0 Å². The van der Waals surface area contributed by atoms with Crippen LogP contribution in [-0.2, 0) is 0 Å². The number of carbonyl (C=O) groups is 1. The van der Waals surface area contributed by atoms with Gasteiger partial charge in [-0.05, 0) is 6.92 Å². The van der Waals surface area contributed by atoms with Crippen molar-refractivity contribution in [2.45, 2.75) is 6.92 Å². The van der Waals surface area contributed by atoms with Crippen molar-refractivity contribution in [3.8, 4) is 0 Å². The van der Waals surface area contributed by atoms with E-state index in [0.29, 0.717) is 12.2 Å². The number of hydrogen-bond donors (Lipinski definition) is 1. The number of nitrogens with one attached hydrogen (secondary N) is 1. The highest BCUT2D eigenvalue weighted by Gasteiger charge is 2.05. The molecule has 0 aliphatic carbocycles. The summed E-state index contributed by atoms with van der Waals surface area (Å²) < 4.78 is 0. The van der Waals surface area contributed by atoms with Crippen LogP contribution in [-0.4, -0.2) is 22.4 Å². The van der Waals surface area contributed by atoms with Crippen LogP contribution in [0, 0.1) is 6.92 Å². The predicted octanol–water partition coefficient (Wildman–Crippen LogP) is 0.701. The zero-order valence-electron chi connectivity index (χ0n) is 7.45. The van der Waals surface area contributed by atoms with Crippen molar-refractivity contribution < 1.29 is 4.79 Å². The lowest BCUT2D eigenvalue weighted by Gasteiger charge is -2.00. The van der Waals surface area contributed by atoms with Gasteiger partial charge in [-0.15, -0.1) is 6.58 Å². The fourth-order valence-electron chi connectivity index (χ4n) is 0.828. The Kier molecular flexibility index (Phi) is 3.14. The SMILES string of the molecule is C=CCNC(=O)c1cncc(C)n1. The van der Waals surface area contributed by atoms with Crippen LogP contribution < -0.4 is 5.32 Å². The molecule has 1 aromatic rings. The van der Waals surface area contributed by atoms with E-state index in [0.717, 1.165) is 5.69 Å². The van der Waals surface area contributed by atoms with Gasteiger partial charge in [-0.25, -0.2) is 4.98 Å². The summed E-state index contributed by atoms with van der Waals surface area (Å²) in [5.74, 6) is -0.226. The van der Waals surface area contributed by atoms with Crippen molar-refractivity contribution in [3.05, 3.63) is 36.4 Å². The first-order valence-corrected chi connectivity index (χ1v) is 3.92. The molecule has 1 amide bonds. The Labute approximate surface area is 76.7 Å². The van der Waals surface area contributed by atoms with Gasteiger partial charge in [0.05, 0.1) is 11.9 Å². The highest BCUT2D eigenvalue weighted by atomic mass is 16.1. The molecule has 0 saturated heterocycles. The molecular formula is C9H11N3O. The Morgan fingerprint density at radius 1 is 1.69 bits per heavy atom. The molecule has 13 heavy (non-hydrogen) atoms. The average molecular weight is 177 g/mol. The van der Waals surface area contributed by atoms with E-state index < -0.39 is 0 Å². The van der Waals surface area contributed by atoms with Gasteiger partial charge in [0.15, 0.2) is 0 Å². The van der Waals surface area contributed by atoms with E-state index in [2.05, 4.69) is 21.9 Å². The zero-order valence-corrected chi connectivity index (χ0v) is 7.45. The summed E-state index contributed by atoms with van der Waals surface area (Å²) in [5.41, 5.74) is 1.06. The number of nitrogens with zero attached hydrogens (tertiary/aromatic N) is 2. The van der Waals surface area contributed by atoms with Crippen LogP contribution in [0.5, 0.6) is 0 Å². The van der Waals surface area contributed by atoms with E-state index in [9.17, 15) is 4.79 Å². The average Bonchev–Trinajstić information content (AvgIpc) is 2.14. The number of aromatic nitrogens is 2. The molecule has 4 nitrogen and oxygen atoms in total. The minimum Gasteiger partial charge on any atom is -0.347 e. The second-order valence-electron chi connectivity index (χ2n) is 2.54. The Morgan fingerprint density at radius 3 is 3.08 bits per heavy atom. The topological polar surface area (TPSA) is 54.9 Å². The minimum atomic E-state index is -0.226. The summed E-state index contributed by atoms with van der Waals surface area (Å²) in [5, 5.41) is 2.62. The smallest absolute Gasteiger partial charge is 0.271 e. The van der Waals surface area contributed by atoms with Gasteiger partial charge in [-0.3, -0.25) is 9.78 Å². The molecule has 1 heterocycles. The van der Waals surface area contributed by atoms with Gasteiger partial charge in [0, 0.05) is 12.7 Å². The van der Waals surface area contributed by atoms with E-state index >= 15 is 0 Å². The van der Waals surface area contributed by atoms with Crippen molar-refractivity contribution in [2.75, 3.05) is 6.54 Å². The van der Waals surface area contributed by atoms with Crippen LogP contribution in [0.3, 0.4) is 0 Å². The van der Waals surface area contributed by atoms with Crippen molar-refractivity contribution in [3.63, 3.8) is 0 Å².